The third-order valence-electron chi connectivity index (χ3n) is 2.98. The average Bonchev–Trinajstić information content (AvgIpc) is 2.42. The molecule has 0 radical (unpaired) electrons. The van der Waals surface area contributed by atoms with Gasteiger partial charge >= 0.3 is 0 Å². The van der Waals surface area contributed by atoms with Crippen LogP contribution in [0.25, 0.3) is 0 Å². The summed E-state index contributed by atoms with van der Waals surface area (Å²) in [6, 6.07) is 12.4. The second kappa shape index (κ2) is 7.09. The summed E-state index contributed by atoms with van der Waals surface area (Å²) in [5.41, 5.74) is 1.55. The molecule has 1 atom stereocenters. The zero-order valence-corrected chi connectivity index (χ0v) is 13.4. The van der Waals surface area contributed by atoms with Gasteiger partial charge in [-0.1, -0.05) is 40.2 Å². The molecule has 20 heavy (non-hydrogen) atoms. The summed E-state index contributed by atoms with van der Waals surface area (Å²) < 4.78 is 19.9. The Hall–Kier alpha value is -1.06. The van der Waals surface area contributed by atoms with Gasteiger partial charge in [0.2, 0.25) is 0 Å². The summed E-state index contributed by atoms with van der Waals surface area (Å²) in [7, 11) is 0. The SMILES string of the molecule is CCOc1ccc(C(Cl)Cc2ccccc2F)c(Br)c1. The molecule has 0 fully saturated rings. The molecule has 0 heterocycles. The number of halogens is 3. The van der Waals surface area contributed by atoms with Crippen molar-refractivity contribution in [1.29, 1.82) is 0 Å². The molecule has 0 aliphatic rings. The predicted octanol–water partition coefficient (Wildman–Crippen LogP) is 5.51. The maximum absolute atomic E-state index is 13.6. The van der Waals surface area contributed by atoms with Gasteiger partial charge in [-0.3, -0.25) is 0 Å². The lowest BCUT2D eigenvalue weighted by atomic mass is 10.0. The van der Waals surface area contributed by atoms with E-state index >= 15 is 0 Å². The Morgan fingerprint density at radius 3 is 2.65 bits per heavy atom. The van der Waals surface area contributed by atoms with E-state index in [2.05, 4.69) is 15.9 Å². The molecule has 0 saturated carbocycles. The van der Waals surface area contributed by atoms with Gasteiger partial charge in [-0.05, 0) is 42.7 Å². The van der Waals surface area contributed by atoms with Crippen LogP contribution in [0.3, 0.4) is 0 Å². The van der Waals surface area contributed by atoms with Crippen LogP contribution in [0.1, 0.15) is 23.4 Å². The van der Waals surface area contributed by atoms with Gasteiger partial charge in [-0.2, -0.15) is 0 Å². The third-order valence-corrected chi connectivity index (χ3v) is 4.05. The summed E-state index contributed by atoms with van der Waals surface area (Å²) in [4.78, 5) is 0. The summed E-state index contributed by atoms with van der Waals surface area (Å²) >= 11 is 9.90. The topological polar surface area (TPSA) is 9.23 Å². The monoisotopic (exact) mass is 356 g/mol. The van der Waals surface area contributed by atoms with Gasteiger partial charge < -0.3 is 4.74 Å². The van der Waals surface area contributed by atoms with Gasteiger partial charge in [0.05, 0.1) is 12.0 Å². The maximum Gasteiger partial charge on any atom is 0.126 e. The highest BCUT2D eigenvalue weighted by Crippen LogP contribution is 2.33. The maximum atomic E-state index is 13.6. The van der Waals surface area contributed by atoms with Gasteiger partial charge in [0.15, 0.2) is 0 Å². The Bertz CT molecular complexity index is 588. The molecule has 0 saturated heterocycles. The first kappa shape index (κ1) is 15.3. The Morgan fingerprint density at radius 1 is 1.25 bits per heavy atom. The van der Waals surface area contributed by atoms with E-state index in [0.717, 1.165) is 15.8 Å². The molecule has 1 unspecified atom stereocenters. The highest BCUT2D eigenvalue weighted by atomic mass is 79.9. The van der Waals surface area contributed by atoms with Crippen LogP contribution in [-0.2, 0) is 6.42 Å². The molecule has 1 nitrogen and oxygen atoms in total. The minimum atomic E-state index is -0.294. The van der Waals surface area contributed by atoms with Crippen LogP contribution >= 0.6 is 27.5 Å². The number of benzene rings is 2. The lowest BCUT2D eigenvalue weighted by Crippen LogP contribution is -2.00. The van der Waals surface area contributed by atoms with Crippen LogP contribution in [0, 0.1) is 5.82 Å². The Morgan fingerprint density at radius 2 is 2.00 bits per heavy atom. The summed E-state index contributed by atoms with van der Waals surface area (Å²) in [6.07, 6.45) is 0.445. The van der Waals surface area contributed by atoms with Crippen LogP contribution in [0.5, 0.6) is 5.75 Å². The number of alkyl halides is 1. The fourth-order valence-electron chi connectivity index (χ4n) is 1.99. The second-order valence-electron chi connectivity index (χ2n) is 4.38. The second-order valence-corrected chi connectivity index (χ2v) is 5.76. The van der Waals surface area contributed by atoms with E-state index < -0.39 is 0 Å². The quantitative estimate of drug-likeness (QED) is 0.641. The fraction of sp³-hybridized carbons (Fsp3) is 0.250. The summed E-state index contributed by atoms with van der Waals surface area (Å²) in [5, 5.41) is -0.294. The first-order valence-corrected chi connectivity index (χ1v) is 7.64. The number of rotatable bonds is 5. The molecule has 2 rings (SSSR count). The summed E-state index contributed by atoms with van der Waals surface area (Å²) in [5.74, 6) is 0.568. The highest BCUT2D eigenvalue weighted by molar-refractivity contribution is 9.10. The zero-order chi connectivity index (χ0) is 14.5. The van der Waals surface area contributed by atoms with Gasteiger partial charge in [-0.15, -0.1) is 11.6 Å². The number of ether oxygens (including phenoxy) is 1. The molecule has 0 aromatic heterocycles. The standard InChI is InChI=1S/C16H15BrClFO/c1-2-20-12-7-8-13(14(17)10-12)15(18)9-11-5-3-4-6-16(11)19/h3-8,10,15H,2,9H2,1H3. The lowest BCUT2D eigenvalue weighted by molar-refractivity contribution is 0.340. The zero-order valence-electron chi connectivity index (χ0n) is 11.1. The molecular formula is C16H15BrClFO. The van der Waals surface area contributed by atoms with E-state index in [-0.39, 0.29) is 11.2 Å². The van der Waals surface area contributed by atoms with E-state index in [4.69, 9.17) is 16.3 Å². The van der Waals surface area contributed by atoms with Gasteiger partial charge in [0, 0.05) is 4.47 Å². The van der Waals surface area contributed by atoms with Crippen LogP contribution in [0.15, 0.2) is 46.9 Å². The van der Waals surface area contributed by atoms with Crippen molar-refractivity contribution in [3.05, 3.63) is 63.9 Å². The van der Waals surface area contributed by atoms with E-state index in [1.165, 1.54) is 6.07 Å². The van der Waals surface area contributed by atoms with Crippen LogP contribution in [0.4, 0.5) is 4.39 Å². The Kier molecular flexibility index (Phi) is 5.44. The van der Waals surface area contributed by atoms with Gasteiger partial charge in [0.25, 0.3) is 0 Å². The summed E-state index contributed by atoms with van der Waals surface area (Å²) in [6.45, 7) is 2.55. The van der Waals surface area contributed by atoms with Crippen molar-refractivity contribution in [2.45, 2.75) is 18.7 Å². The van der Waals surface area contributed by atoms with E-state index in [1.807, 2.05) is 31.2 Å². The minimum absolute atomic E-state index is 0.222. The van der Waals surface area contributed by atoms with Crippen molar-refractivity contribution in [1.82, 2.24) is 0 Å². The highest BCUT2D eigenvalue weighted by Gasteiger charge is 2.15. The lowest BCUT2D eigenvalue weighted by Gasteiger charge is -2.14. The average molecular weight is 358 g/mol. The van der Waals surface area contributed by atoms with E-state index in [1.54, 1.807) is 12.1 Å². The minimum Gasteiger partial charge on any atom is -0.494 e. The van der Waals surface area contributed by atoms with Gasteiger partial charge in [-0.25, -0.2) is 4.39 Å². The molecule has 0 spiro atoms. The molecule has 0 N–H and O–H groups in total. The Balaban J connectivity index is 2.17. The largest absolute Gasteiger partial charge is 0.494 e. The van der Waals surface area contributed by atoms with Crippen LogP contribution in [-0.4, -0.2) is 6.61 Å². The van der Waals surface area contributed by atoms with Crippen molar-refractivity contribution in [3.63, 3.8) is 0 Å². The van der Waals surface area contributed by atoms with Crippen molar-refractivity contribution in [2.24, 2.45) is 0 Å². The fourth-order valence-corrected chi connectivity index (χ4v) is 3.11. The van der Waals surface area contributed by atoms with Crippen molar-refractivity contribution in [3.8, 4) is 5.75 Å². The van der Waals surface area contributed by atoms with Crippen LogP contribution < -0.4 is 4.74 Å². The normalized spacial score (nSPS) is 12.2. The van der Waals surface area contributed by atoms with Crippen molar-refractivity contribution >= 4 is 27.5 Å². The third kappa shape index (κ3) is 3.74. The van der Waals surface area contributed by atoms with Crippen molar-refractivity contribution in [2.75, 3.05) is 6.61 Å². The molecule has 0 bridgehead atoms. The van der Waals surface area contributed by atoms with Crippen LogP contribution in [0.2, 0.25) is 0 Å². The molecule has 4 heteroatoms. The number of hydrogen-bond donors (Lipinski definition) is 0. The smallest absolute Gasteiger partial charge is 0.126 e. The van der Waals surface area contributed by atoms with E-state index in [0.29, 0.717) is 18.6 Å². The first-order valence-electron chi connectivity index (χ1n) is 6.41. The number of hydrogen-bond acceptors (Lipinski definition) is 1. The molecule has 2 aromatic carbocycles. The Labute approximate surface area is 131 Å². The molecule has 0 aliphatic heterocycles. The molecular weight excluding hydrogens is 343 g/mol. The molecule has 106 valence electrons. The van der Waals surface area contributed by atoms with Gasteiger partial charge in [0.1, 0.15) is 11.6 Å². The molecule has 0 aliphatic carbocycles. The molecule has 0 amide bonds. The van der Waals surface area contributed by atoms with Crippen molar-refractivity contribution < 1.29 is 9.13 Å². The first-order chi connectivity index (χ1) is 9.61. The predicted molar refractivity (Wildman–Crippen MR) is 84.0 cm³/mol. The molecule has 2 aromatic rings. The van der Waals surface area contributed by atoms with E-state index in [9.17, 15) is 4.39 Å².